The van der Waals surface area contributed by atoms with Crippen LogP contribution in [0.4, 0.5) is 5.69 Å². The molecule has 3 rings (SSSR count). The molecule has 1 unspecified atom stereocenters. The lowest BCUT2D eigenvalue weighted by Gasteiger charge is -2.11. The van der Waals surface area contributed by atoms with Crippen molar-refractivity contribution in [2.45, 2.75) is 44.4 Å². The number of nitrogens with one attached hydrogen (secondary N) is 2. The maximum Gasteiger partial charge on any atom is 0.251 e. The molecule has 0 saturated carbocycles. The average molecular weight is 454 g/mol. The van der Waals surface area contributed by atoms with Crippen molar-refractivity contribution in [3.63, 3.8) is 0 Å². The van der Waals surface area contributed by atoms with E-state index in [4.69, 9.17) is 0 Å². The zero-order chi connectivity index (χ0) is 22.2. The molecule has 0 bridgehead atoms. The minimum Gasteiger partial charge on any atom is -0.348 e. The lowest BCUT2D eigenvalue weighted by molar-refractivity contribution is -0.119. The highest BCUT2D eigenvalue weighted by atomic mass is 32.2. The molecule has 1 heterocycles. The summed E-state index contributed by atoms with van der Waals surface area (Å²) in [5.74, 6) is 0.669. The highest BCUT2D eigenvalue weighted by molar-refractivity contribution is 7.98. The van der Waals surface area contributed by atoms with Crippen molar-refractivity contribution in [3.8, 4) is 0 Å². The molecule has 0 aliphatic carbocycles. The van der Waals surface area contributed by atoms with E-state index in [2.05, 4.69) is 21.0 Å². The van der Waals surface area contributed by atoms with Gasteiger partial charge in [-0.15, -0.1) is 23.1 Å². The standard InChI is InChI=1S/C24H27N3O2S2/c1-4-16(2)23(28)27-20-7-5-6-18(12-20)13-25-24(29)19-8-10-22(11-9-19)31-15-21-14-30-17(3)26-21/h5-12,14,16H,4,13,15H2,1-3H3,(H,25,29)(H,27,28). The van der Waals surface area contributed by atoms with E-state index in [1.165, 1.54) is 0 Å². The molecule has 0 fully saturated rings. The fourth-order valence-corrected chi connectivity index (χ4v) is 4.34. The lowest BCUT2D eigenvalue weighted by Crippen LogP contribution is -2.23. The molecule has 1 atom stereocenters. The molecule has 1 aromatic heterocycles. The van der Waals surface area contributed by atoms with E-state index in [0.29, 0.717) is 12.1 Å². The van der Waals surface area contributed by atoms with Crippen molar-refractivity contribution >= 4 is 40.6 Å². The Bertz CT molecular complexity index is 1030. The third-order valence-electron chi connectivity index (χ3n) is 4.88. The maximum absolute atomic E-state index is 12.5. The van der Waals surface area contributed by atoms with Crippen molar-refractivity contribution in [3.05, 3.63) is 75.7 Å². The van der Waals surface area contributed by atoms with E-state index in [-0.39, 0.29) is 17.7 Å². The summed E-state index contributed by atoms with van der Waals surface area (Å²) >= 11 is 3.36. The molecule has 0 saturated heterocycles. The van der Waals surface area contributed by atoms with Crippen LogP contribution in [-0.2, 0) is 17.1 Å². The van der Waals surface area contributed by atoms with Gasteiger partial charge in [0.25, 0.3) is 5.91 Å². The molecule has 2 amide bonds. The summed E-state index contributed by atoms with van der Waals surface area (Å²) in [6, 6.07) is 15.2. The second-order valence-electron chi connectivity index (χ2n) is 7.35. The third-order valence-corrected chi connectivity index (χ3v) is 6.75. The molecule has 0 aliphatic heterocycles. The number of carbonyl (C=O) groups excluding carboxylic acids is 2. The van der Waals surface area contributed by atoms with Crippen molar-refractivity contribution in [2.75, 3.05) is 5.32 Å². The minimum absolute atomic E-state index is 0.00607. The highest BCUT2D eigenvalue weighted by Gasteiger charge is 2.11. The van der Waals surface area contributed by atoms with Crippen LogP contribution in [0.1, 0.15) is 46.9 Å². The molecular formula is C24H27N3O2S2. The number of anilines is 1. The second-order valence-corrected chi connectivity index (χ2v) is 9.46. The quantitative estimate of drug-likeness (QED) is 0.410. The van der Waals surface area contributed by atoms with Crippen LogP contribution >= 0.6 is 23.1 Å². The lowest BCUT2D eigenvalue weighted by atomic mass is 10.1. The van der Waals surface area contributed by atoms with E-state index in [9.17, 15) is 9.59 Å². The summed E-state index contributed by atoms with van der Waals surface area (Å²) < 4.78 is 0. The molecule has 0 radical (unpaired) electrons. The Hall–Kier alpha value is -2.64. The average Bonchev–Trinajstić information content (AvgIpc) is 3.21. The number of thiazole rings is 1. The van der Waals surface area contributed by atoms with Crippen LogP contribution in [0.2, 0.25) is 0 Å². The Morgan fingerprint density at radius 3 is 2.61 bits per heavy atom. The van der Waals surface area contributed by atoms with Crippen LogP contribution in [0, 0.1) is 12.8 Å². The van der Waals surface area contributed by atoms with Gasteiger partial charge < -0.3 is 10.6 Å². The minimum atomic E-state index is -0.124. The van der Waals surface area contributed by atoms with Gasteiger partial charge in [-0.2, -0.15) is 0 Å². The van der Waals surface area contributed by atoms with Gasteiger partial charge in [-0.25, -0.2) is 4.98 Å². The van der Waals surface area contributed by atoms with E-state index in [1.807, 2.05) is 69.3 Å². The molecule has 2 aromatic carbocycles. The first-order chi connectivity index (χ1) is 14.9. The van der Waals surface area contributed by atoms with E-state index < -0.39 is 0 Å². The van der Waals surface area contributed by atoms with E-state index in [1.54, 1.807) is 23.1 Å². The number of amides is 2. The van der Waals surface area contributed by atoms with E-state index in [0.717, 1.165) is 39.0 Å². The topological polar surface area (TPSA) is 71.1 Å². The maximum atomic E-state index is 12.5. The number of benzene rings is 2. The first-order valence-electron chi connectivity index (χ1n) is 10.3. The largest absolute Gasteiger partial charge is 0.348 e. The number of hydrogen-bond acceptors (Lipinski definition) is 5. The Morgan fingerprint density at radius 2 is 1.94 bits per heavy atom. The summed E-state index contributed by atoms with van der Waals surface area (Å²) in [5.41, 5.74) is 3.38. The van der Waals surface area contributed by atoms with Crippen LogP contribution in [-0.4, -0.2) is 16.8 Å². The number of rotatable bonds is 9. The first kappa shape index (κ1) is 23.0. The SMILES string of the molecule is CCC(C)C(=O)Nc1cccc(CNC(=O)c2ccc(SCc3csc(C)n3)cc2)c1. The number of carbonyl (C=O) groups is 2. The number of hydrogen-bond donors (Lipinski definition) is 2. The fourth-order valence-electron chi connectivity index (χ4n) is 2.83. The number of aryl methyl sites for hydroxylation is 1. The molecule has 2 N–H and O–H groups in total. The van der Waals surface area contributed by atoms with Crippen LogP contribution < -0.4 is 10.6 Å². The van der Waals surface area contributed by atoms with Gasteiger partial charge in [0.1, 0.15) is 0 Å². The molecule has 31 heavy (non-hydrogen) atoms. The van der Waals surface area contributed by atoms with E-state index >= 15 is 0 Å². The Balaban J connectivity index is 1.51. The van der Waals surface area contributed by atoms with Gasteiger partial charge in [-0.05, 0) is 55.3 Å². The predicted octanol–water partition coefficient (Wildman–Crippen LogP) is 5.66. The monoisotopic (exact) mass is 453 g/mol. The van der Waals surface area contributed by atoms with Crippen molar-refractivity contribution in [2.24, 2.45) is 5.92 Å². The molecule has 7 heteroatoms. The van der Waals surface area contributed by atoms with Crippen LogP contribution in [0.25, 0.3) is 0 Å². The van der Waals surface area contributed by atoms with Gasteiger partial charge in [0.15, 0.2) is 0 Å². The first-order valence-corrected chi connectivity index (χ1v) is 12.1. The summed E-state index contributed by atoms with van der Waals surface area (Å²) in [6.07, 6.45) is 0.795. The Labute approximate surface area is 191 Å². The normalized spacial score (nSPS) is 11.7. The summed E-state index contributed by atoms with van der Waals surface area (Å²) in [6.45, 7) is 6.29. The van der Waals surface area contributed by atoms with Gasteiger partial charge in [0.05, 0.1) is 10.7 Å². The van der Waals surface area contributed by atoms with Gasteiger partial charge in [0.2, 0.25) is 5.91 Å². The Morgan fingerprint density at radius 1 is 1.16 bits per heavy atom. The van der Waals surface area contributed by atoms with Gasteiger partial charge in [-0.3, -0.25) is 9.59 Å². The molecule has 0 spiro atoms. The summed E-state index contributed by atoms with van der Waals surface area (Å²) in [7, 11) is 0. The summed E-state index contributed by atoms with van der Waals surface area (Å²) in [4.78, 5) is 30.2. The molecular weight excluding hydrogens is 426 g/mol. The van der Waals surface area contributed by atoms with Crippen LogP contribution in [0.5, 0.6) is 0 Å². The van der Waals surface area contributed by atoms with Crippen molar-refractivity contribution < 1.29 is 9.59 Å². The predicted molar refractivity (Wildman–Crippen MR) is 129 cm³/mol. The Kier molecular flexibility index (Phi) is 8.26. The third kappa shape index (κ3) is 6.94. The second kappa shape index (κ2) is 11.1. The van der Waals surface area contributed by atoms with Crippen LogP contribution in [0.15, 0.2) is 58.8 Å². The molecule has 162 valence electrons. The highest BCUT2D eigenvalue weighted by Crippen LogP contribution is 2.24. The summed E-state index contributed by atoms with van der Waals surface area (Å²) in [5, 5.41) is 9.02. The molecule has 3 aromatic rings. The van der Waals surface area contributed by atoms with Gasteiger partial charge >= 0.3 is 0 Å². The van der Waals surface area contributed by atoms with Crippen LogP contribution in [0.3, 0.4) is 0 Å². The number of nitrogens with zero attached hydrogens (tertiary/aromatic N) is 1. The molecule has 0 aliphatic rings. The zero-order valence-electron chi connectivity index (χ0n) is 18.0. The van der Waals surface area contributed by atoms with Gasteiger partial charge in [0, 0.05) is 39.7 Å². The smallest absolute Gasteiger partial charge is 0.251 e. The zero-order valence-corrected chi connectivity index (χ0v) is 19.6. The van der Waals surface area contributed by atoms with Crippen molar-refractivity contribution in [1.82, 2.24) is 10.3 Å². The number of thioether (sulfide) groups is 1. The fraction of sp³-hybridized carbons (Fsp3) is 0.292. The molecule has 5 nitrogen and oxygen atoms in total. The van der Waals surface area contributed by atoms with Gasteiger partial charge in [-0.1, -0.05) is 26.0 Å². The van der Waals surface area contributed by atoms with Crippen molar-refractivity contribution in [1.29, 1.82) is 0 Å². The number of aromatic nitrogens is 1.